The fraction of sp³-hybridized carbons (Fsp3) is 0.571. The standard InChI is InChI=1S/C28H42O7S/c1-3-5-7-9-11-13-15-17-21-34-27(29)25-20-19-24(36(31,32)33)23-26(25)28(30)35-22-18-16-14-12-10-8-6-4-2/h7-10,19-20,23H,3-6,11-18,21-22H2,1-2H3,(H,31,32,33)/b9-7+,10-8+. The van der Waals surface area contributed by atoms with Crippen molar-refractivity contribution in [2.45, 2.75) is 95.8 Å². The number of hydrogen-bond acceptors (Lipinski definition) is 6. The van der Waals surface area contributed by atoms with Crippen LogP contribution in [-0.2, 0) is 19.6 Å². The topological polar surface area (TPSA) is 107 Å². The number of esters is 2. The number of rotatable bonds is 19. The summed E-state index contributed by atoms with van der Waals surface area (Å²) in [4.78, 5) is 24.8. The van der Waals surface area contributed by atoms with Crippen LogP contribution in [-0.4, -0.2) is 38.1 Å². The highest BCUT2D eigenvalue weighted by Crippen LogP contribution is 2.19. The van der Waals surface area contributed by atoms with E-state index in [1.54, 1.807) is 0 Å². The maximum absolute atomic E-state index is 12.7. The predicted octanol–water partition coefficient (Wildman–Crippen LogP) is 7.08. The van der Waals surface area contributed by atoms with E-state index in [0.717, 1.165) is 76.3 Å². The van der Waals surface area contributed by atoms with Crippen LogP contribution < -0.4 is 0 Å². The molecule has 0 saturated carbocycles. The first-order valence-electron chi connectivity index (χ1n) is 13.1. The van der Waals surface area contributed by atoms with Gasteiger partial charge in [-0.05, 0) is 82.4 Å². The zero-order chi connectivity index (χ0) is 26.7. The fourth-order valence-corrected chi connectivity index (χ4v) is 3.91. The van der Waals surface area contributed by atoms with E-state index in [0.29, 0.717) is 12.8 Å². The molecule has 0 amide bonds. The summed E-state index contributed by atoms with van der Waals surface area (Å²) in [5, 5.41) is 0. The Labute approximate surface area is 216 Å². The van der Waals surface area contributed by atoms with Crippen LogP contribution in [0.1, 0.15) is 112 Å². The van der Waals surface area contributed by atoms with Gasteiger partial charge in [-0.25, -0.2) is 9.59 Å². The Balaban J connectivity index is 2.62. The fourth-order valence-electron chi connectivity index (χ4n) is 3.40. The van der Waals surface area contributed by atoms with E-state index in [1.165, 1.54) is 6.07 Å². The SMILES string of the molecule is CCC/C=C/CCCCCOC(=O)c1ccc(S(=O)(=O)O)cc1C(=O)OCCCCC/C=C/CCC. The molecule has 1 rings (SSSR count). The lowest BCUT2D eigenvalue weighted by Crippen LogP contribution is -2.16. The Morgan fingerprint density at radius 2 is 1.19 bits per heavy atom. The Bertz CT molecular complexity index is 949. The van der Waals surface area contributed by atoms with Gasteiger partial charge in [0.05, 0.1) is 29.2 Å². The summed E-state index contributed by atoms with van der Waals surface area (Å²) in [6.45, 7) is 4.60. The van der Waals surface area contributed by atoms with Gasteiger partial charge in [0.15, 0.2) is 0 Å². The van der Waals surface area contributed by atoms with Gasteiger partial charge in [-0.3, -0.25) is 4.55 Å². The van der Waals surface area contributed by atoms with E-state index in [9.17, 15) is 22.6 Å². The first kappa shape index (κ1) is 31.6. The molecule has 0 saturated heterocycles. The van der Waals surface area contributed by atoms with Crippen LogP contribution in [0.2, 0.25) is 0 Å². The van der Waals surface area contributed by atoms with Gasteiger partial charge in [0, 0.05) is 0 Å². The van der Waals surface area contributed by atoms with Crippen LogP contribution in [0.3, 0.4) is 0 Å². The highest BCUT2D eigenvalue weighted by atomic mass is 32.2. The average molecular weight is 523 g/mol. The first-order chi connectivity index (χ1) is 17.3. The van der Waals surface area contributed by atoms with E-state index < -0.39 is 27.0 Å². The number of allylic oxidation sites excluding steroid dienone is 4. The molecule has 0 unspecified atom stereocenters. The van der Waals surface area contributed by atoms with E-state index in [-0.39, 0.29) is 24.3 Å². The number of ether oxygens (including phenoxy) is 2. The van der Waals surface area contributed by atoms with Crippen LogP contribution in [0.15, 0.2) is 47.4 Å². The summed E-state index contributed by atoms with van der Waals surface area (Å²) in [6, 6.07) is 3.19. The van der Waals surface area contributed by atoms with Crippen molar-refractivity contribution in [1.82, 2.24) is 0 Å². The molecule has 0 aromatic heterocycles. The Morgan fingerprint density at radius 3 is 1.67 bits per heavy atom. The highest BCUT2D eigenvalue weighted by Gasteiger charge is 2.23. The number of carbonyl (C=O) groups is 2. The van der Waals surface area contributed by atoms with Crippen molar-refractivity contribution in [2.75, 3.05) is 13.2 Å². The molecule has 0 heterocycles. The summed E-state index contributed by atoms with van der Waals surface area (Å²) in [7, 11) is -4.55. The summed E-state index contributed by atoms with van der Waals surface area (Å²) >= 11 is 0. The van der Waals surface area contributed by atoms with Crippen molar-refractivity contribution >= 4 is 22.1 Å². The summed E-state index contributed by atoms with van der Waals surface area (Å²) in [6.07, 6.45) is 20.1. The van der Waals surface area contributed by atoms with Gasteiger partial charge >= 0.3 is 11.9 Å². The van der Waals surface area contributed by atoms with Gasteiger partial charge in [-0.15, -0.1) is 0 Å². The molecule has 0 spiro atoms. The summed E-state index contributed by atoms with van der Waals surface area (Å²) in [5.41, 5.74) is -0.324. The van der Waals surface area contributed by atoms with Gasteiger partial charge < -0.3 is 9.47 Å². The molecule has 1 aromatic carbocycles. The molecule has 0 radical (unpaired) electrons. The summed E-state index contributed by atoms with van der Waals surface area (Å²) in [5.74, 6) is -1.56. The Kier molecular flexibility index (Phi) is 16.5. The maximum atomic E-state index is 12.7. The van der Waals surface area contributed by atoms with Crippen molar-refractivity contribution in [3.05, 3.63) is 53.6 Å². The Hall–Kier alpha value is -2.45. The largest absolute Gasteiger partial charge is 0.462 e. The molecule has 8 heteroatoms. The molecule has 0 aliphatic heterocycles. The minimum atomic E-state index is -4.55. The first-order valence-corrected chi connectivity index (χ1v) is 14.5. The van der Waals surface area contributed by atoms with E-state index >= 15 is 0 Å². The maximum Gasteiger partial charge on any atom is 0.339 e. The molecule has 36 heavy (non-hydrogen) atoms. The van der Waals surface area contributed by atoms with Crippen molar-refractivity contribution in [3.8, 4) is 0 Å². The normalized spacial score (nSPS) is 11.9. The minimum Gasteiger partial charge on any atom is -0.462 e. The molecule has 0 aliphatic rings. The van der Waals surface area contributed by atoms with Gasteiger partial charge in [-0.2, -0.15) is 8.42 Å². The number of carbonyl (C=O) groups excluding carboxylic acids is 2. The van der Waals surface area contributed by atoms with Gasteiger partial charge in [0.25, 0.3) is 10.1 Å². The second kappa shape index (κ2) is 18.8. The lowest BCUT2D eigenvalue weighted by Gasteiger charge is -2.11. The molecule has 202 valence electrons. The third-order valence-electron chi connectivity index (χ3n) is 5.47. The van der Waals surface area contributed by atoms with Gasteiger partial charge in [-0.1, -0.05) is 51.0 Å². The summed E-state index contributed by atoms with van der Waals surface area (Å²) < 4.78 is 43.0. The third-order valence-corrected chi connectivity index (χ3v) is 6.32. The smallest absolute Gasteiger partial charge is 0.339 e. The molecule has 1 aromatic rings. The van der Waals surface area contributed by atoms with Crippen LogP contribution in [0.25, 0.3) is 0 Å². The number of unbranched alkanes of at least 4 members (excludes halogenated alkanes) is 8. The van der Waals surface area contributed by atoms with Crippen molar-refractivity contribution in [2.24, 2.45) is 0 Å². The lowest BCUT2D eigenvalue weighted by molar-refractivity contribution is 0.0450. The zero-order valence-electron chi connectivity index (χ0n) is 21.7. The number of benzene rings is 1. The molecule has 0 fully saturated rings. The second-order valence-corrected chi connectivity index (χ2v) is 10.1. The molecule has 0 aliphatic carbocycles. The lowest BCUT2D eigenvalue weighted by atomic mass is 10.1. The zero-order valence-corrected chi connectivity index (χ0v) is 22.6. The third kappa shape index (κ3) is 13.6. The minimum absolute atomic E-state index is 0.0871. The Morgan fingerprint density at radius 1 is 0.722 bits per heavy atom. The monoisotopic (exact) mass is 522 g/mol. The number of hydrogen-bond donors (Lipinski definition) is 1. The van der Waals surface area contributed by atoms with Gasteiger partial charge in [0.1, 0.15) is 0 Å². The van der Waals surface area contributed by atoms with Crippen LogP contribution in [0.5, 0.6) is 0 Å². The van der Waals surface area contributed by atoms with Crippen molar-refractivity contribution in [3.63, 3.8) is 0 Å². The van der Waals surface area contributed by atoms with Gasteiger partial charge in [0.2, 0.25) is 0 Å². The molecule has 1 N–H and O–H groups in total. The molecular formula is C28H42O7S. The molecule has 7 nitrogen and oxygen atoms in total. The quantitative estimate of drug-likeness (QED) is 0.0895. The molecule has 0 atom stereocenters. The van der Waals surface area contributed by atoms with Crippen LogP contribution in [0.4, 0.5) is 0 Å². The van der Waals surface area contributed by atoms with E-state index in [2.05, 4.69) is 38.2 Å². The molecule has 0 bridgehead atoms. The molecular weight excluding hydrogens is 480 g/mol. The van der Waals surface area contributed by atoms with E-state index in [1.807, 2.05) is 0 Å². The van der Waals surface area contributed by atoms with Crippen LogP contribution >= 0.6 is 0 Å². The van der Waals surface area contributed by atoms with Crippen molar-refractivity contribution in [1.29, 1.82) is 0 Å². The van der Waals surface area contributed by atoms with Crippen LogP contribution in [0, 0.1) is 0 Å². The highest BCUT2D eigenvalue weighted by molar-refractivity contribution is 7.85. The van der Waals surface area contributed by atoms with Crippen molar-refractivity contribution < 1.29 is 32.0 Å². The predicted molar refractivity (Wildman–Crippen MR) is 142 cm³/mol. The second-order valence-electron chi connectivity index (χ2n) is 8.67. The average Bonchev–Trinajstić information content (AvgIpc) is 2.85. The van der Waals surface area contributed by atoms with E-state index in [4.69, 9.17) is 9.47 Å².